The molecule has 0 aliphatic carbocycles. The quantitative estimate of drug-likeness (QED) is 0.0195. The minimum Gasteiger partial charge on any atom is -0.545 e. The number of quaternary nitrogens is 1. The highest BCUT2D eigenvalue weighted by molar-refractivity contribution is 5.70. The smallest absolute Gasteiger partial charge is 0.306 e. The van der Waals surface area contributed by atoms with Gasteiger partial charge < -0.3 is 33.3 Å². The van der Waals surface area contributed by atoms with Gasteiger partial charge in [-0.15, -0.1) is 0 Å². The molecule has 91 heavy (non-hydrogen) atoms. The molecule has 0 radical (unpaired) electrons. The zero-order chi connectivity index (χ0) is 66.1. The normalized spacial score (nSPS) is 13.4. The summed E-state index contributed by atoms with van der Waals surface area (Å²) in [6, 6.07) is 0. The van der Waals surface area contributed by atoms with Gasteiger partial charge in [0.05, 0.1) is 40.3 Å². The molecule has 0 aliphatic rings. The van der Waals surface area contributed by atoms with Crippen LogP contribution in [0.2, 0.25) is 0 Å². The fourth-order valence-corrected chi connectivity index (χ4v) is 10.5. The average molecular weight is 1270 g/mol. The van der Waals surface area contributed by atoms with Crippen LogP contribution >= 0.6 is 0 Å². The molecule has 0 aromatic rings. The first-order chi connectivity index (χ1) is 44.6. The van der Waals surface area contributed by atoms with Crippen LogP contribution in [0.1, 0.15) is 322 Å². The molecule has 0 aromatic heterocycles. The summed E-state index contributed by atoms with van der Waals surface area (Å²) in [6.07, 6.45) is 98.7. The molecular formula is C82H141NO8. The number of unbranched alkanes of at least 4 members (excludes halogenated alkanes) is 34. The Morgan fingerprint density at radius 3 is 0.934 bits per heavy atom. The van der Waals surface area contributed by atoms with Crippen molar-refractivity contribution in [3.05, 3.63) is 122 Å². The molecule has 0 N–H and O–H groups in total. The highest BCUT2D eigenvalue weighted by Crippen LogP contribution is 2.18. The monoisotopic (exact) mass is 1270 g/mol. The largest absolute Gasteiger partial charge is 0.545 e. The fourth-order valence-electron chi connectivity index (χ4n) is 10.5. The van der Waals surface area contributed by atoms with E-state index in [0.717, 1.165) is 103 Å². The molecule has 0 bridgehead atoms. The summed E-state index contributed by atoms with van der Waals surface area (Å²) in [4.78, 5) is 37.5. The number of aliphatic carboxylic acids is 1. The van der Waals surface area contributed by atoms with Gasteiger partial charge in [0.15, 0.2) is 12.4 Å². The summed E-state index contributed by atoms with van der Waals surface area (Å²) in [5.74, 6) is -2.29. The number of carboxylic acid groups (broad SMARTS) is 1. The van der Waals surface area contributed by atoms with Crippen molar-refractivity contribution in [1.82, 2.24) is 0 Å². The lowest BCUT2D eigenvalue weighted by atomic mass is 10.0. The van der Waals surface area contributed by atoms with E-state index in [-0.39, 0.29) is 38.6 Å². The van der Waals surface area contributed by atoms with Crippen molar-refractivity contribution in [2.45, 2.75) is 334 Å². The molecule has 0 amide bonds. The molecule has 2 unspecified atom stereocenters. The molecule has 0 saturated carbocycles. The number of likely N-dealkylation sites (N-methyl/N-ethyl adjacent to an activating group) is 1. The van der Waals surface area contributed by atoms with Gasteiger partial charge in [-0.25, -0.2) is 0 Å². The third kappa shape index (κ3) is 73.0. The van der Waals surface area contributed by atoms with E-state index in [1.807, 2.05) is 21.1 Å². The Morgan fingerprint density at radius 2 is 0.626 bits per heavy atom. The number of ether oxygens (including phenoxy) is 4. The highest BCUT2D eigenvalue weighted by atomic mass is 16.7. The van der Waals surface area contributed by atoms with Gasteiger partial charge in [0.2, 0.25) is 0 Å². The van der Waals surface area contributed by atoms with Crippen molar-refractivity contribution in [2.24, 2.45) is 0 Å². The summed E-state index contributed by atoms with van der Waals surface area (Å²) in [6.45, 7) is 4.63. The van der Waals surface area contributed by atoms with E-state index in [2.05, 4.69) is 135 Å². The van der Waals surface area contributed by atoms with Crippen molar-refractivity contribution in [3.63, 3.8) is 0 Å². The first-order valence-corrected chi connectivity index (χ1v) is 37.7. The molecule has 9 nitrogen and oxygen atoms in total. The lowest BCUT2D eigenvalue weighted by molar-refractivity contribution is -0.870. The summed E-state index contributed by atoms with van der Waals surface area (Å²) in [5, 5.41) is 11.8. The van der Waals surface area contributed by atoms with Gasteiger partial charge in [0, 0.05) is 12.8 Å². The summed E-state index contributed by atoms with van der Waals surface area (Å²) in [5.41, 5.74) is 0. The Balaban J connectivity index is 4.08. The van der Waals surface area contributed by atoms with Crippen LogP contribution in [0, 0.1) is 0 Å². The first kappa shape index (κ1) is 86.7. The van der Waals surface area contributed by atoms with Crippen molar-refractivity contribution < 1.29 is 42.9 Å². The van der Waals surface area contributed by atoms with E-state index in [4.69, 9.17) is 18.9 Å². The zero-order valence-electron chi connectivity index (χ0n) is 59.7. The lowest BCUT2D eigenvalue weighted by Crippen LogP contribution is -2.44. The van der Waals surface area contributed by atoms with Crippen LogP contribution in [-0.2, 0) is 33.3 Å². The van der Waals surface area contributed by atoms with Gasteiger partial charge in [-0.3, -0.25) is 9.59 Å². The topological polar surface area (TPSA) is 111 Å². The van der Waals surface area contributed by atoms with Gasteiger partial charge in [-0.05, 0) is 109 Å². The first-order valence-electron chi connectivity index (χ1n) is 37.7. The number of carbonyl (C=O) groups is 3. The van der Waals surface area contributed by atoms with Crippen molar-refractivity contribution >= 4 is 17.9 Å². The van der Waals surface area contributed by atoms with Gasteiger partial charge in [-0.2, -0.15) is 0 Å². The molecule has 0 rings (SSSR count). The van der Waals surface area contributed by atoms with Crippen LogP contribution in [-0.4, -0.2) is 82.3 Å². The average Bonchev–Trinajstić information content (AvgIpc) is 3.66. The van der Waals surface area contributed by atoms with E-state index in [0.29, 0.717) is 17.4 Å². The third-order valence-corrected chi connectivity index (χ3v) is 16.2. The fraction of sp³-hybridized carbons (Fsp3) is 0.720. The van der Waals surface area contributed by atoms with Gasteiger partial charge >= 0.3 is 11.9 Å². The summed E-state index contributed by atoms with van der Waals surface area (Å²) < 4.78 is 22.8. The Bertz CT molecular complexity index is 1910. The van der Waals surface area contributed by atoms with Crippen molar-refractivity contribution in [1.29, 1.82) is 0 Å². The molecule has 9 heteroatoms. The minimum absolute atomic E-state index is 0.141. The van der Waals surface area contributed by atoms with Crippen LogP contribution in [0.5, 0.6) is 0 Å². The molecule has 0 fully saturated rings. The molecule has 2 atom stereocenters. The molecular weight excluding hydrogens is 1130 g/mol. The second-order valence-corrected chi connectivity index (χ2v) is 26.2. The standard InChI is InChI=1S/C82H141NO8/c1-6-8-10-12-14-16-18-20-22-24-26-28-30-32-34-36-37-38-39-40-41-42-43-45-46-48-50-52-54-56-58-60-62-64-66-68-70-72-79(84)89-76-78(77-90-82(81(86)87)88-75-74-83(3,4)5)91-80(85)73-71-69-67-65-63-61-59-57-55-53-51-49-47-44-35-33-31-29-27-25-23-21-19-17-15-13-11-9-7-2/h9,11,15,17-18,20-21,23-24,26-27,29-30,32-33,35,47,49,53,55,78,82H,6-8,10,12-14,16,19,22,25,28,31,34,36-46,48,50-52,54,56-77H2,1-5H3/b11-9-,17-15-,20-18-,23-21-,26-24-,29-27-,32-30-,35-33-,49-47-,55-53-. The van der Waals surface area contributed by atoms with E-state index in [9.17, 15) is 19.5 Å². The number of hydrogen-bond donors (Lipinski definition) is 0. The predicted octanol–water partition coefficient (Wildman–Crippen LogP) is 22.6. The van der Waals surface area contributed by atoms with Crippen LogP contribution in [0.3, 0.4) is 0 Å². The maximum atomic E-state index is 12.9. The van der Waals surface area contributed by atoms with E-state index >= 15 is 0 Å². The number of carboxylic acids is 1. The number of esters is 2. The third-order valence-electron chi connectivity index (χ3n) is 16.2. The van der Waals surface area contributed by atoms with Crippen LogP contribution in [0.25, 0.3) is 0 Å². The van der Waals surface area contributed by atoms with Gasteiger partial charge in [0.25, 0.3) is 0 Å². The van der Waals surface area contributed by atoms with Crippen LogP contribution in [0.4, 0.5) is 0 Å². The second-order valence-electron chi connectivity index (χ2n) is 26.2. The van der Waals surface area contributed by atoms with E-state index in [1.165, 1.54) is 186 Å². The van der Waals surface area contributed by atoms with Crippen LogP contribution < -0.4 is 5.11 Å². The number of nitrogens with zero attached hydrogens (tertiary/aromatic N) is 1. The van der Waals surface area contributed by atoms with E-state index in [1.54, 1.807) is 0 Å². The van der Waals surface area contributed by atoms with Crippen molar-refractivity contribution in [3.8, 4) is 0 Å². The number of hydrogen-bond acceptors (Lipinski definition) is 8. The maximum Gasteiger partial charge on any atom is 0.306 e. The Kier molecular flexibility index (Phi) is 68.1. The Hall–Kier alpha value is -4.31. The minimum atomic E-state index is -1.63. The zero-order valence-corrected chi connectivity index (χ0v) is 59.7. The van der Waals surface area contributed by atoms with Crippen LogP contribution in [0.15, 0.2) is 122 Å². The summed E-state index contributed by atoms with van der Waals surface area (Å²) in [7, 11) is 5.93. The number of allylic oxidation sites excluding steroid dienone is 20. The highest BCUT2D eigenvalue weighted by Gasteiger charge is 2.22. The molecule has 0 spiro atoms. The van der Waals surface area contributed by atoms with Gasteiger partial charge in [-0.1, -0.05) is 322 Å². The second kappa shape index (κ2) is 71.5. The SMILES string of the molecule is CC/C=C\C/C=C\C/C=C\C/C=C\C/C=C\C/C=C\C/C=C\CCCCCCCCCC(=O)OC(COC(=O)CCCCCCCCCCCCCCCCCCCCCCCC/C=C\C/C=C\C/C=C\CCCCCCC)COC(OCC[N+](C)(C)C)C(=O)[O-]. The maximum absolute atomic E-state index is 12.9. The number of carbonyl (C=O) groups excluding carboxylic acids is 3. The predicted molar refractivity (Wildman–Crippen MR) is 389 cm³/mol. The molecule has 0 heterocycles. The summed E-state index contributed by atoms with van der Waals surface area (Å²) >= 11 is 0. The lowest BCUT2D eigenvalue weighted by Gasteiger charge is -2.26. The Labute approximate surface area is 561 Å². The molecule has 0 aliphatic heterocycles. The Morgan fingerprint density at radius 1 is 0.341 bits per heavy atom. The molecule has 522 valence electrons. The number of rotatable bonds is 69. The van der Waals surface area contributed by atoms with Gasteiger partial charge in [0.1, 0.15) is 13.2 Å². The van der Waals surface area contributed by atoms with E-state index < -0.39 is 24.3 Å². The molecule has 0 saturated heterocycles. The van der Waals surface area contributed by atoms with Crippen molar-refractivity contribution in [2.75, 3.05) is 47.5 Å². The molecule has 0 aromatic carbocycles.